The lowest BCUT2D eigenvalue weighted by Gasteiger charge is -2.10. The summed E-state index contributed by atoms with van der Waals surface area (Å²) >= 11 is 0. The van der Waals surface area contributed by atoms with Crippen molar-refractivity contribution in [3.8, 4) is 0 Å². The summed E-state index contributed by atoms with van der Waals surface area (Å²) in [7, 11) is 0. The van der Waals surface area contributed by atoms with E-state index >= 15 is 0 Å². The van der Waals surface area contributed by atoms with Crippen LogP contribution in [0.4, 0.5) is 0 Å². The van der Waals surface area contributed by atoms with Crippen LogP contribution in [0, 0.1) is 5.92 Å². The fraction of sp³-hybridized carbons (Fsp3) is 0.409. The number of hydrogen-bond donors (Lipinski definition) is 1. The van der Waals surface area contributed by atoms with Crippen LogP contribution in [0.25, 0.3) is 11.2 Å². The maximum atomic E-state index is 12.1. The van der Waals surface area contributed by atoms with Crippen LogP contribution in [-0.4, -0.2) is 20.4 Å². The number of fused-ring (bicyclic) bond motifs is 1. The van der Waals surface area contributed by atoms with Crippen LogP contribution < -0.4 is 5.32 Å². The predicted octanol–water partition coefficient (Wildman–Crippen LogP) is 4.12. The summed E-state index contributed by atoms with van der Waals surface area (Å²) in [5.41, 5.74) is 3.00. The summed E-state index contributed by atoms with van der Waals surface area (Å²) in [6.07, 6.45) is 4.98. The third-order valence-corrected chi connectivity index (χ3v) is 4.65. The Bertz CT molecular complexity index is 870. The topological polar surface area (TPSA) is 59.8 Å². The molecule has 0 spiro atoms. The van der Waals surface area contributed by atoms with Gasteiger partial charge in [0.05, 0.1) is 0 Å². The fourth-order valence-electron chi connectivity index (χ4n) is 3.11. The molecule has 0 aliphatic rings. The Kier molecular flexibility index (Phi) is 6.58. The highest BCUT2D eigenvalue weighted by atomic mass is 16.1. The molecular formula is C22H28N4O. The van der Waals surface area contributed by atoms with Crippen LogP contribution in [0.3, 0.4) is 0 Å². The summed E-state index contributed by atoms with van der Waals surface area (Å²) < 4.78 is 2.22. The van der Waals surface area contributed by atoms with E-state index < -0.39 is 0 Å². The van der Waals surface area contributed by atoms with Crippen LogP contribution in [0.15, 0.2) is 48.7 Å². The Morgan fingerprint density at radius 2 is 1.96 bits per heavy atom. The van der Waals surface area contributed by atoms with Gasteiger partial charge in [0.25, 0.3) is 0 Å². The lowest BCUT2D eigenvalue weighted by Crippen LogP contribution is -2.22. The second-order valence-corrected chi connectivity index (χ2v) is 7.32. The molecule has 5 heteroatoms. The van der Waals surface area contributed by atoms with E-state index in [-0.39, 0.29) is 5.91 Å². The number of aromatic nitrogens is 3. The third-order valence-electron chi connectivity index (χ3n) is 4.65. The number of carbonyl (C=O) groups is 1. The zero-order chi connectivity index (χ0) is 19.1. The number of nitrogens with zero attached hydrogens (tertiary/aromatic N) is 3. The van der Waals surface area contributed by atoms with Crippen molar-refractivity contribution in [2.75, 3.05) is 0 Å². The van der Waals surface area contributed by atoms with E-state index in [4.69, 9.17) is 4.98 Å². The van der Waals surface area contributed by atoms with Gasteiger partial charge >= 0.3 is 0 Å². The lowest BCUT2D eigenvalue weighted by molar-refractivity contribution is -0.121. The number of nitrogens with one attached hydrogen (secondary N) is 1. The van der Waals surface area contributed by atoms with Gasteiger partial charge in [-0.3, -0.25) is 4.79 Å². The number of aryl methyl sites for hydroxylation is 2. The van der Waals surface area contributed by atoms with E-state index in [2.05, 4.69) is 28.7 Å². The molecule has 1 N–H and O–H groups in total. The third kappa shape index (κ3) is 5.39. The van der Waals surface area contributed by atoms with Gasteiger partial charge in [0.2, 0.25) is 5.91 Å². The van der Waals surface area contributed by atoms with Crippen molar-refractivity contribution in [2.45, 2.75) is 52.6 Å². The van der Waals surface area contributed by atoms with Gasteiger partial charge in [-0.15, -0.1) is 0 Å². The molecule has 5 nitrogen and oxygen atoms in total. The van der Waals surface area contributed by atoms with Gasteiger partial charge in [-0.2, -0.15) is 0 Å². The number of hydrogen-bond acceptors (Lipinski definition) is 3. The first-order valence-electron chi connectivity index (χ1n) is 9.74. The quantitative estimate of drug-likeness (QED) is 0.621. The first kappa shape index (κ1) is 19.1. The minimum Gasteiger partial charge on any atom is -0.352 e. The maximum absolute atomic E-state index is 12.1. The van der Waals surface area contributed by atoms with Crippen LogP contribution in [0.2, 0.25) is 0 Å². The van der Waals surface area contributed by atoms with Gasteiger partial charge in [-0.05, 0) is 36.5 Å². The molecule has 3 aromatic rings. The molecule has 2 aromatic heterocycles. The molecule has 0 saturated heterocycles. The first-order chi connectivity index (χ1) is 13.1. The Labute approximate surface area is 160 Å². The highest BCUT2D eigenvalue weighted by Crippen LogP contribution is 2.17. The molecule has 1 amide bonds. The highest BCUT2D eigenvalue weighted by molar-refractivity contribution is 5.76. The molecule has 0 saturated carbocycles. The van der Waals surface area contributed by atoms with Crippen LogP contribution in [0.5, 0.6) is 0 Å². The Hall–Kier alpha value is -2.69. The smallest absolute Gasteiger partial charge is 0.220 e. The summed E-state index contributed by atoms with van der Waals surface area (Å²) in [5, 5.41) is 2.99. The molecule has 142 valence electrons. The van der Waals surface area contributed by atoms with Gasteiger partial charge in [-0.25, -0.2) is 9.97 Å². The van der Waals surface area contributed by atoms with E-state index in [1.807, 2.05) is 48.7 Å². The molecule has 0 aliphatic carbocycles. The molecule has 0 atom stereocenters. The number of rotatable bonds is 9. The largest absolute Gasteiger partial charge is 0.352 e. The van der Waals surface area contributed by atoms with E-state index in [9.17, 15) is 4.79 Å². The van der Waals surface area contributed by atoms with Crippen molar-refractivity contribution in [3.05, 3.63) is 60.0 Å². The van der Waals surface area contributed by atoms with Crippen molar-refractivity contribution in [2.24, 2.45) is 5.92 Å². The molecule has 0 unspecified atom stereocenters. The monoisotopic (exact) mass is 364 g/mol. The Balaban J connectivity index is 1.56. The number of pyridine rings is 1. The summed E-state index contributed by atoms with van der Waals surface area (Å²) in [6, 6.07) is 13.9. The van der Waals surface area contributed by atoms with Gasteiger partial charge < -0.3 is 9.88 Å². The average Bonchev–Trinajstić information content (AvgIpc) is 3.03. The minimum absolute atomic E-state index is 0.0850. The molecule has 0 bridgehead atoms. The van der Waals surface area contributed by atoms with Crippen LogP contribution in [-0.2, 0) is 24.3 Å². The normalized spacial score (nSPS) is 11.2. The summed E-state index contributed by atoms with van der Waals surface area (Å²) in [6.45, 7) is 5.95. The van der Waals surface area contributed by atoms with E-state index in [1.54, 1.807) is 0 Å². The molecule has 0 aliphatic heterocycles. The van der Waals surface area contributed by atoms with Crippen LogP contribution >= 0.6 is 0 Å². The Morgan fingerprint density at radius 1 is 1.15 bits per heavy atom. The van der Waals surface area contributed by atoms with Gasteiger partial charge in [0.15, 0.2) is 5.65 Å². The molecule has 2 heterocycles. The zero-order valence-corrected chi connectivity index (χ0v) is 16.2. The number of imidazole rings is 1. The molecule has 27 heavy (non-hydrogen) atoms. The number of carbonyl (C=O) groups excluding carboxylic acids is 1. The second kappa shape index (κ2) is 9.31. The predicted molar refractivity (Wildman–Crippen MR) is 108 cm³/mol. The van der Waals surface area contributed by atoms with Gasteiger partial charge in [0, 0.05) is 32.1 Å². The number of benzene rings is 1. The van der Waals surface area contributed by atoms with Crippen LogP contribution in [0.1, 0.15) is 44.5 Å². The zero-order valence-electron chi connectivity index (χ0n) is 16.2. The maximum Gasteiger partial charge on any atom is 0.220 e. The SMILES string of the molecule is CC(C)CCn1c(CCCC(=O)NCc2ccccc2)nc2cccnc21. The molecule has 0 fully saturated rings. The minimum atomic E-state index is 0.0850. The first-order valence-corrected chi connectivity index (χ1v) is 9.74. The molecule has 3 rings (SSSR count). The Morgan fingerprint density at radius 3 is 2.74 bits per heavy atom. The van der Waals surface area contributed by atoms with Crippen molar-refractivity contribution < 1.29 is 4.79 Å². The standard InChI is InChI=1S/C22H28N4O/c1-17(2)13-15-26-20(25-19-10-7-14-23-22(19)26)11-6-12-21(27)24-16-18-8-4-3-5-9-18/h3-5,7-10,14,17H,6,11-13,15-16H2,1-2H3,(H,24,27). The second-order valence-electron chi connectivity index (χ2n) is 7.32. The van der Waals surface area contributed by atoms with Crippen molar-refractivity contribution in [3.63, 3.8) is 0 Å². The number of amides is 1. The average molecular weight is 364 g/mol. The highest BCUT2D eigenvalue weighted by Gasteiger charge is 2.12. The summed E-state index contributed by atoms with van der Waals surface area (Å²) in [5.74, 6) is 1.74. The lowest BCUT2D eigenvalue weighted by atomic mass is 10.1. The van der Waals surface area contributed by atoms with E-state index in [1.165, 1.54) is 0 Å². The molecule has 0 radical (unpaired) electrons. The molecule has 1 aromatic carbocycles. The molecular weight excluding hydrogens is 336 g/mol. The van der Waals surface area contributed by atoms with E-state index in [0.717, 1.165) is 48.4 Å². The van der Waals surface area contributed by atoms with Gasteiger partial charge in [0.1, 0.15) is 11.3 Å². The van der Waals surface area contributed by atoms with E-state index in [0.29, 0.717) is 18.9 Å². The van der Waals surface area contributed by atoms with Crippen molar-refractivity contribution in [1.29, 1.82) is 0 Å². The fourth-order valence-corrected chi connectivity index (χ4v) is 3.11. The van der Waals surface area contributed by atoms with Gasteiger partial charge in [-0.1, -0.05) is 44.2 Å². The summed E-state index contributed by atoms with van der Waals surface area (Å²) in [4.78, 5) is 21.4. The van der Waals surface area contributed by atoms with Crippen molar-refractivity contribution in [1.82, 2.24) is 19.9 Å². The van der Waals surface area contributed by atoms with Crippen molar-refractivity contribution >= 4 is 17.1 Å².